The summed E-state index contributed by atoms with van der Waals surface area (Å²) in [5.41, 5.74) is 5.20. The van der Waals surface area contributed by atoms with Crippen molar-refractivity contribution in [3.8, 4) is 0 Å². The molecule has 0 radical (unpaired) electrons. The molecule has 0 spiro atoms. The van der Waals surface area contributed by atoms with Crippen molar-refractivity contribution in [3.63, 3.8) is 0 Å². The molecule has 0 aliphatic rings. The molecule has 0 saturated carbocycles. The molecule has 0 N–H and O–H groups in total. The lowest BCUT2D eigenvalue weighted by atomic mass is 10.1. The maximum absolute atomic E-state index is 3.77. The van der Waals surface area contributed by atoms with Crippen LogP contribution in [0.5, 0.6) is 0 Å². The number of hydrogen-bond donors (Lipinski definition) is 0. The van der Waals surface area contributed by atoms with Crippen LogP contribution < -0.4 is 0 Å². The van der Waals surface area contributed by atoms with E-state index in [2.05, 4.69) is 69.8 Å². The molecule has 1 heteroatoms. The van der Waals surface area contributed by atoms with E-state index in [1.54, 1.807) is 5.20 Å². The molecule has 1 aromatic carbocycles. The molecule has 0 fully saturated rings. The van der Waals surface area contributed by atoms with E-state index in [1.165, 1.54) is 43.0 Å². The van der Waals surface area contributed by atoms with Gasteiger partial charge in [0, 0.05) is 0 Å². The predicted molar refractivity (Wildman–Crippen MR) is 103 cm³/mol. The van der Waals surface area contributed by atoms with Gasteiger partial charge in [0.2, 0.25) is 0 Å². The molecular formula is C21H34Si. The van der Waals surface area contributed by atoms with Crippen molar-refractivity contribution in [2.75, 3.05) is 0 Å². The molecule has 0 aliphatic carbocycles. The Labute approximate surface area is 139 Å². The van der Waals surface area contributed by atoms with Crippen LogP contribution in [0, 0.1) is 0 Å². The Morgan fingerprint density at radius 3 is 2.18 bits per heavy atom. The van der Waals surface area contributed by atoms with Gasteiger partial charge in [0.05, 0.1) is 8.07 Å². The molecule has 0 amide bonds. The Hall–Kier alpha value is -1.04. The van der Waals surface area contributed by atoms with Crippen molar-refractivity contribution in [3.05, 3.63) is 52.9 Å². The van der Waals surface area contributed by atoms with E-state index < -0.39 is 8.07 Å². The SMILES string of the molecule is CCCCC(=C=CCCc1ccccc1)[Si](CC)(CC)CC. The van der Waals surface area contributed by atoms with Gasteiger partial charge in [-0.3, -0.25) is 0 Å². The van der Waals surface area contributed by atoms with Crippen LogP contribution in [0.25, 0.3) is 0 Å². The fraction of sp³-hybridized carbons (Fsp3) is 0.571. The first-order valence-corrected chi connectivity index (χ1v) is 11.8. The molecule has 122 valence electrons. The fourth-order valence-corrected chi connectivity index (χ4v) is 7.21. The number of benzene rings is 1. The third-order valence-electron chi connectivity index (χ3n) is 5.15. The van der Waals surface area contributed by atoms with E-state index in [4.69, 9.17) is 0 Å². The number of allylic oxidation sites excluding steroid dienone is 1. The first-order valence-electron chi connectivity index (χ1n) is 9.20. The maximum atomic E-state index is 3.77. The highest BCUT2D eigenvalue weighted by Crippen LogP contribution is 2.31. The monoisotopic (exact) mass is 314 g/mol. The van der Waals surface area contributed by atoms with Gasteiger partial charge in [-0.05, 0) is 42.5 Å². The molecule has 0 aliphatic heterocycles. The van der Waals surface area contributed by atoms with Gasteiger partial charge in [-0.2, -0.15) is 0 Å². The molecule has 22 heavy (non-hydrogen) atoms. The molecule has 0 saturated heterocycles. The van der Waals surface area contributed by atoms with Crippen LogP contribution in [0.4, 0.5) is 0 Å². The van der Waals surface area contributed by atoms with Gasteiger partial charge in [0.25, 0.3) is 0 Å². The van der Waals surface area contributed by atoms with Crippen molar-refractivity contribution < 1.29 is 0 Å². The lowest BCUT2D eigenvalue weighted by molar-refractivity contribution is 0.799. The quantitative estimate of drug-likeness (QED) is 0.324. The van der Waals surface area contributed by atoms with Gasteiger partial charge < -0.3 is 0 Å². The molecule has 0 aromatic heterocycles. The van der Waals surface area contributed by atoms with Crippen LogP contribution in [-0.4, -0.2) is 8.07 Å². The van der Waals surface area contributed by atoms with Crippen molar-refractivity contribution in [2.45, 2.75) is 77.9 Å². The molecule has 0 unspecified atom stereocenters. The Kier molecular flexibility index (Phi) is 9.20. The second-order valence-electron chi connectivity index (χ2n) is 6.30. The van der Waals surface area contributed by atoms with Gasteiger partial charge in [0.15, 0.2) is 0 Å². The second kappa shape index (κ2) is 10.6. The van der Waals surface area contributed by atoms with Crippen LogP contribution in [0.3, 0.4) is 0 Å². The lowest BCUT2D eigenvalue weighted by Crippen LogP contribution is -2.34. The smallest absolute Gasteiger partial charge is 0.0906 e. The number of unbranched alkanes of at least 4 members (excludes halogenated alkanes) is 1. The summed E-state index contributed by atoms with van der Waals surface area (Å²) in [6.07, 6.45) is 8.45. The summed E-state index contributed by atoms with van der Waals surface area (Å²) >= 11 is 0. The topological polar surface area (TPSA) is 0 Å². The van der Waals surface area contributed by atoms with Crippen LogP contribution in [-0.2, 0) is 6.42 Å². The maximum Gasteiger partial charge on any atom is 0.0906 e. The summed E-state index contributed by atoms with van der Waals surface area (Å²) in [5.74, 6) is 0. The number of rotatable bonds is 10. The zero-order valence-corrected chi connectivity index (χ0v) is 16.1. The lowest BCUT2D eigenvalue weighted by Gasteiger charge is -2.30. The average molecular weight is 315 g/mol. The second-order valence-corrected chi connectivity index (χ2v) is 11.6. The molecule has 0 bridgehead atoms. The summed E-state index contributed by atoms with van der Waals surface area (Å²) in [7, 11) is -1.24. The highest BCUT2D eigenvalue weighted by Gasteiger charge is 2.30. The van der Waals surface area contributed by atoms with Crippen molar-refractivity contribution >= 4 is 8.07 Å². The minimum absolute atomic E-state index is 1.11. The average Bonchev–Trinajstić information content (AvgIpc) is 2.58. The van der Waals surface area contributed by atoms with E-state index in [9.17, 15) is 0 Å². The first-order chi connectivity index (χ1) is 10.7. The summed E-state index contributed by atoms with van der Waals surface area (Å²) in [6, 6.07) is 14.9. The number of hydrogen-bond acceptors (Lipinski definition) is 0. The van der Waals surface area contributed by atoms with Gasteiger partial charge in [-0.25, -0.2) is 0 Å². The van der Waals surface area contributed by atoms with E-state index in [-0.39, 0.29) is 0 Å². The Morgan fingerprint density at radius 2 is 1.64 bits per heavy atom. The molecule has 0 nitrogen and oxygen atoms in total. The Balaban J connectivity index is 2.82. The molecule has 0 atom stereocenters. The molecule has 0 heterocycles. The van der Waals surface area contributed by atoms with Crippen LogP contribution in [0.2, 0.25) is 18.1 Å². The molecular weight excluding hydrogens is 280 g/mol. The van der Waals surface area contributed by atoms with Gasteiger partial charge in [0.1, 0.15) is 0 Å². The van der Waals surface area contributed by atoms with Gasteiger partial charge >= 0.3 is 0 Å². The van der Waals surface area contributed by atoms with Crippen molar-refractivity contribution in [2.24, 2.45) is 0 Å². The normalized spacial score (nSPS) is 11.1. The van der Waals surface area contributed by atoms with Crippen LogP contribution in [0.15, 0.2) is 47.3 Å². The first kappa shape index (κ1) is 19.0. The third-order valence-corrected chi connectivity index (χ3v) is 10.9. The number of aryl methyl sites for hydroxylation is 1. The van der Waals surface area contributed by atoms with Crippen molar-refractivity contribution in [1.29, 1.82) is 0 Å². The van der Waals surface area contributed by atoms with Crippen molar-refractivity contribution in [1.82, 2.24) is 0 Å². The Bertz CT molecular complexity index is 454. The van der Waals surface area contributed by atoms with Gasteiger partial charge in [-0.1, -0.05) is 82.6 Å². The van der Waals surface area contributed by atoms with E-state index in [0.29, 0.717) is 0 Å². The largest absolute Gasteiger partial charge is 0.130 e. The minimum atomic E-state index is -1.24. The minimum Gasteiger partial charge on any atom is -0.130 e. The van der Waals surface area contributed by atoms with Crippen LogP contribution in [0.1, 0.15) is 58.9 Å². The van der Waals surface area contributed by atoms with E-state index >= 15 is 0 Å². The summed E-state index contributed by atoms with van der Waals surface area (Å²) < 4.78 is 0. The van der Waals surface area contributed by atoms with Crippen LogP contribution >= 0.6 is 0 Å². The van der Waals surface area contributed by atoms with E-state index in [1.807, 2.05) is 0 Å². The molecule has 1 rings (SSSR count). The third kappa shape index (κ3) is 5.63. The zero-order valence-electron chi connectivity index (χ0n) is 15.1. The Morgan fingerprint density at radius 1 is 1.00 bits per heavy atom. The summed E-state index contributed by atoms with van der Waals surface area (Å²) in [6.45, 7) is 9.49. The fourth-order valence-electron chi connectivity index (χ4n) is 3.31. The summed E-state index contributed by atoms with van der Waals surface area (Å²) in [4.78, 5) is 0. The summed E-state index contributed by atoms with van der Waals surface area (Å²) in [5, 5.41) is 1.70. The highest BCUT2D eigenvalue weighted by atomic mass is 28.3. The predicted octanol–water partition coefficient (Wildman–Crippen LogP) is 6.94. The highest BCUT2D eigenvalue weighted by molar-refractivity contribution is 6.86. The standard InChI is InChI=1S/C21H34Si/c1-5-9-18-21(22(6-2,7-3)8-4)19-14-13-17-20-15-11-10-12-16-20/h10-12,14-16H,5-9,13,17-18H2,1-4H3. The zero-order chi connectivity index (χ0) is 16.3. The molecule has 1 aromatic rings. The van der Waals surface area contributed by atoms with E-state index in [0.717, 1.165) is 12.8 Å². The van der Waals surface area contributed by atoms with Gasteiger partial charge in [-0.15, -0.1) is 5.73 Å².